The van der Waals surface area contributed by atoms with Gasteiger partial charge in [-0.2, -0.15) is 0 Å². The van der Waals surface area contributed by atoms with Crippen LogP contribution in [0.25, 0.3) is 0 Å². The smallest absolute Gasteiger partial charge is 0.226 e. The first kappa shape index (κ1) is 20.2. The predicted molar refractivity (Wildman–Crippen MR) is 107 cm³/mol. The number of carbonyl (C=O) groups is 2. The van der Waals surface area contributed by atoms with Gasteiger partial charge in [0, 0.05) is 31.5 Å². The third kappa shape index (κ3) is 4.46. The molecule has 0 radical (unpaired) electrons. The number of rotatable bonds is 4. The van der Waals surface area contributed by atoms with Gasteiger partial charge in [0.25, 0.3) is 0 Å². The molecule has 2 N–H and O–H groups in total. The standard InChI is InChI=1S/C21H29N3O2.ClH/c25-19(23-15-16-4-2-1-3-5-16)17-6-12-24(13-7-17)20(26)18-14-21(18)8-10-22-11-9-21;/h1-5,17-18,22H,6-15H2,(H,23,25);1H. The molecule has 1 unspecified atom stereocenters. The lowest BCUT2D eigenvalue weighted by Gasteiger charge is -2.32. The Hall–Kier alpha value is -1.59. The zero-order chi connectivity index (χ0) is 18.0. The zero-order valence-corrected chi connectivity index (χ0v) is 16.6. The Kier molecular flexibility index (Phi) is 6.43. The number of benzene rings is 1. The van der Waals surface area contributed by atoms with Crippen molar-refractivity contribution in [1.29, 1.82) is 0 Å². The lowest BCUT2D eigenvalue weighted by Crippen LogP contribution is -2.44. The van der Waals surface area contributed by atoms with E-state index < -0.39 is 0 Å². The third-order valence-corrected chi connectivity index (χ3v) is 6.57. The van der Waals surface area contributed by atoms with Crippen LogP contribution >= 0.6 is 12.4 Å². The quantitative estimate of drug-likeness (QED) is 0.828. The fourth-order valence-corrected chi connectivity index (χ4v) is 4.69. The topological polar surface area (TPSA) is 61.4 Å². The molecule has 1 aromatic carbocycles. The van der Waals surface area contributed by atoms with Crippen molar-refractivity contribution < 1.29 is 9.59 Å². The van der Waals surface area contributed by atoms with E-state index in [9.17, 15) is 9.59 Å². The molecule has 2 aliphatic heterocycles. The van der Waals surface area contributed by atoms with E-state index in [4.69, 9.17) is 0 Å². The van der Waals surface area contributed by atoms with Gasteiger partial charge in [-0.05, 0) is 56.2 Å². The Morgan fingerprint density at radius 1 is 1.11 bits per heavy atom. The fourth-order valence-electron chi connectivity index (χ4n) is 4.69. The Morgan fingerprint density at radius 2 is 1.78 bits per heavy atom. The average molecular weight is 392 g/mol. The number of carbonyl (C=O) groups excluding carboxylic acids is 2. The van der Waals surface area contributed by atoms with E-state index >= 15 is 0 Å². The molecule has 5 nitrogen and oxygen atoms in total. The Bertz CT molecular complexity index is 653. The van der Waals surface area contributed by atoms with Crippen LogP contribution in [-0.4, -0.2) is 42.9 Å². The highest BCUT2D eigenvalue weighted by Crippen LogP contribution is 2.59. The number of hydrogen-bond acceptors (Lipinski definition) is 3. The van der Waals surface area contributed by atoms with Crippen molar-refractivity contribution in [2.45, 2.75) is 38.6 Å². The van der Waals surface area contributed by atoms with Gasteiger partial charge in [-0.1, -0.05) is 30.3 Å². The van der Waals surface area contributed by atoms with Crippen LogP contribution < -0.4 is 10.6 Å². The highest BCUT2D eigenvalue weighted by Gasteiger charge is 2.58. The molecule has 0 bridgehead atoms. The minimum absolute atomic E-state index is 0. The maximum atomic E-state index is 12.8. The van der Waals surface area contributed by atoms with E-state index in [1.807, 2.05) is 35.2 Å². The number of nitrogens with zero attached hydrogens (tertiary/aromatic N) is 1. The van der Waals surface area contributed by atoms with Gasteiger partial charge in [-0.3, -0.25) is 9.59 Å². The molecule has 6 heteroatoms. The van der Waals surface area contributed by atoms with Crippen LogP contribution in [0.4, 0.5) is 0 Å². The summed E-state index contributed by atoms with van der Waals surface area (Å²) in [5.41, 5.74) is 1.42. The van der Waals surface area contributed by atoms with Crippen molar-refractivity contribution in [3.63, 3.8) is 0 Å². The van der Waals surface area contributed by atoms with Crippen LogP contribution in [0.1, 0.15) is 37.7 Å². The summed E-state index contributed by atoms with van der Waals surface area (Å²) in [6.07, 6.45) is 4.93. The molecular formula is C21H30ClN3O2. The van der Waals surface area contributed by atoms with E-state index in [0.29, 0.717) is 17.9 Å². The molecule has 3 aliphatic rings. The predicted octanol–water partition coefficient (Wildman–Crippen LogP) is 2.35. The number of likely N-dealkylation sites (tertiary alicyclic amines) is 1. The number of nitrogens with one attached hydrogen (secondary N) is 2. The normalized spacial score (nSPS) is 24.1. The molecule has 3 fully saturated rings. The van der Waals surface area contributed by atoms with Crippen LogP contribution in [0.3, 0.4) is 0 Å². The van der Waals surface area contributed by atoms with Gasteiger partial charge in [0.15, 0.2) is 0 Å². The van der Waals surface area contributed by atoms with Gasteiger partial charge in [0.2, 0.25) is 11.8 Å². The number of halogens is 1. The van der Waals surface area contributed by atoms with Gasteiger partial charge >= 0.3 is 0 Å². The first-order valence-electron chi connectivity index (χ1n) is 9.99. The Morgan fingerprint density at radius 3 is 2.44 bits per heavy atom. The van der Waals surface area contributed by atoms with E-state index in [1.54, 1.807) is 0 Å². The van der Waals surface area contributed by atoms with E-state index in [0.717, 1.165) is 63.8 Å². The second-order valence-electron chi connectivity index (χ2n) is 8.17. The molecule has 1 spiro atoms. The van der Waals surface area contributed by atoms with Crippen molar-refractivity contribution in [1.82, 2.24) is 15.5 Å². The summed E-state index contributed by atoms with van der Waals surface area (Å²) in [5, 5.41) is 6.44. The molecular weight excluding hydrogens is 362 g/mol. The molecule has 1 aliphatic carbocycles. The largest absolute Gasteiger partial charge is 0.352 e. The second-order valence-corrected chi connectivity index (χ2v) is 8.17. The maximum absolute atomic E-state index is 12.8. The van der Waals surface area contributed by atoms with Crippen molar-refractivity contribution >= 4 is 24.2 Å². The molecule has 148 valence electrons. The lowest BCUT2D eigenvalue weighted by molar-refractivity contribution is -0.137. The number of piperidine rings is 2. The molecule has 2 saturated heterocycles. The van der Waals surface area contributed by atoms with Gasteiger partial charge in [-0.15, -0.1) is 12.4 Å². The van der Waals surface area contributed by atoms with Crippen LogP contribution in [-0.2, 0) is 16.1 Å². The van der Waals surface area contributed by atoms with Crippen molar-refractivity contribution in [3.05, 3.63) is 35.9 Å². The van der Waals surface area contributed by atoms with Crippen molar-refractivity contribution in [3.8, 4) is 0 Å². The van der Waals surface area contributed by atoms with Gasteiger partial charge in [-0.25, -0.2) is 0 Å². The minimum Gasteiger partial charge on any atom is -0.352 e. The Labute approximate surface area is 167 Å². The summed E-state index contributed by atoms with van der Waals surface area (Å²) in [6, 6.07) is 9.99. The molecule has 2 heterocycles. The molecule has 27 heavy (non-hydrogen) atoms. The highest BCUT2D eigenvalue weighted by molar-refractivity contribution is 5.85. The first-order valence-corrected chi connectivity index (χ1v) is 9.99. The summed E-state index contributed by atoms with van der Waals surface area (Å²) < 4.78 is 0. The number of hydrogen-bond donors (Lipinski definition) is 2. The molecule has 0 aromatic heterocycles. The summed E-state index contributed by atoms with van der Waals surface area (Å²) in [7, 11) is 0. The van der Waals surface area contributed by atoms with E-state index in [2.05, 4.69) is 10.6 Å². The van der Waals surface area contributed by atoms with Crippen LogP contribution in [0.2, 0.25) is 0 Å². The van der Waals surface area contributed by atoms with Gasteiger partial charge in [0.1, 0.15) is 0 Å². The molecule has 2 amide bonds. The summed E-state index contributed by atoms with van der Waals surface area (Å²) in [6.45, 7) is 4.14. The average Bonchev–Trinajstić information content (AvgIpc) is 3.39. The summed E-state index contributed by atoms with van der Waals surface area (Å²) in [5.74, 6) is 0.750. The van der Waals surface area contributed by atoms with Crippen LogP contribution in [0.5, 0.6) is 0 Å². The molecule has 1 aromatic rings. The third-order valence-electron chi connectivity index (χ3n) is 6.57. The highest BCUT2D eigenvalue weighted by atomic mass is 35.5. The summed E-state index contributed by atoms with van der Waals surface area (Å²) in [4.78, 5) is 27.3. The van der Waals surface area contributed by atoms with E-state index in [1.165, 1.54) is 0 Å². The SMILES string of the molecule is Cl.O=C(NCc1ccccc1)C1CCN(C(=O)C2CC23CCNCC3)CC1. The van der Waals surface area contributed by atoms with Crippen molar-refractivity contribution in [2.24, 2.45) is 17.3 Å². The summed E-state index contributed by atoms with van der Waals surface area (Å²) >= 11 is 0. The number of amides is 2. The minimum atomic E-state index is 0. The maximum Gasteiger partial charge on any atom is 0.226 e. The monoisotopic (exact) mass is 391 g/mol. The van der Waals surface area contributed by atoms with Crippen molar-refractivity contribution in [2.75, 3.05) is 26.2 Å². The van der Waals surface area contributed by atoms with Gasteiger partial charge in [0.05, 0.1) is 0 Å². The second kappa shape index (κ2) is 8.61. The lowest BCUT2D eigenvalue weighted by atomic mass is 9.90. The molecule has 1 saturated carbocycles. The Balaban J connectivity index is 0.00000210. The molecule has 4 rings (SSSR count). The fraction of sp³-hybridized carbons (Fsp3) is 0.619. The van der Waals surface area contributed by atoms with Crippen LogP contribution in [0, 0.1) is 17.3 Å². The van der Waals surface area contributed by atoms with Gasteiger partial charge < -0.3 is 15.5 Å². The first-order chi connectivity index (χ1) is 12.7. The van der Waals surface area contributed by atoms with E-state index in [-0.39, 0.29) is 30.2 Å². The zero-order valence-electron chi connectivity index (χ0n) is 15.8. The van der Waals surface area contributed by atoms with Crippen LogP contribution in [0.15, 0.2) is 30.3 Å². The molecule has 1 atom stereocenters.